The first-order chi connectivity index (χ1) is 7.50. The standard InChI is InChI=1S/C12H14O4/c1-3-9(13)15-12-6-7-4-8(12)11(2,5-7)16-10(12)14/h3,7-8H,1,4-6H2,2H3. The summed E-state index contributed by atoms with van der Waals surface area (Å²) in [5, 5.41) is 0. The van der Waals surface area contributed by atoms with Gasteiger partial charge in [-0.25, -0.2) is 9.59 Å². The molecule has 0 aromatic rings. The SMILES string of the molecule is C=CC(=O)OC12CC3CC1C(C)(C3)OC2=O. The number of ether oxygens (including phenoxy) is 2. The number of rotatable bonds is 2. The van der Waals surface area contributed by atoms with Gasteiger partial charge in [0, 0.05) is 18.4 Å². The highest BCUT2D eigenvalue weighted by atomic mass is 16.6. The van der Waals surface area contributed by atoms with Crippen molar-refractivity contribution in [2.75, 3.05) is 0 Å². The van der Waals surface area contributed by atoms with Gasteiger partial charge in [0.05, 0.1) is 0 Å². The minimum atomic E-state index is -1.01. The van der Waals surface area contributed by atoms with Crippen molar-refractivity contribution in [1.82, 2.24) is 0 Å². The van der Waals surface area contributed by atoms with Crippen LogP contribution in [0.3, 0.4) is 0 Å². The Bertz CT molecular complexity index is 402. The zero-order valence-corrected chi connectivity index (χ0v) is 9.19. The van der Waals surface area contributed by atoms with Crippen LogP contribution in [0.1, 0.15) is 26.2 Å². The Hall–Kier alpha value is -1.32. The Balaban J connectivity index is 1.99. The summed E-state index contributed by atoms with van der Waals surface area (Å²) >= 11 is 0. The van der Waals surface area contributed by atoms with Crippen LogP contribution < -0.4 is 0 Å². The Morgan fingerprint density at radius 2 is 2.38 bits per heavy atom. The molecule has 2 saturated carbocycles. The molecule has 0 radical (unpaired) electrons. The first kappa shape index (κ1) is 9.87. The average molecular weight is 222 g/mol. The van der Waals surface area contributed by atoms with Gasteiger partial charge in [0.25, 0.3) is 0 Å². The van der Waals surface area contributed by atoms with Gasteiger partial charge in [-0.2, -0.15) is 0 Å². The smallest absolute Gasteiger partial charge is 0.351 e. The van der Waals surface area contributed by atoms with Crippen molar-refractivity contribution in [3.63, 3.8) is 0 Å². The third-order valence-corrected chi connectivity index (χ3v) is 4.28. The first-order valence-electron chi connectivity index (χ1n) is 5.59. The maximum Gasteiger partial charge on any atom is 0.351 e. The molecular formula is C12H14O4. The van der Waals surface area contributed by atoms with Crippen LogP contribution in [0.5, 0.6) is 0 Å². The third-order valence-electron chi connectivity index (χ3n) is 4.28. The van der Waals surface area contributed by atoms with E-state index in [1.54, 1.807) is 0 Å². The Labute approximate surface area is 93.6 Å². The quantitative estimate of drug-likeness (QED) is 0.520. The van der Waals surface area contributed by atoms with E-state index in [1.807, 2.05) is 6.92 Å². The van der Waals surface area contributed by atoms with Gasteiger partial charge in [-0.15, -0.1) is 0 Å². The van der Waals surface area contributed by atoms with Crippen LogP contribution in [-0.4, -0.2) is 23.1 Å². The second-order valence-electron chi connectivity index (χ2n) is 5.28. The molecule has 0 N–H and O–H groups in total. The molecule has 4 heteroatoms. The second-order valence-corrected chi connectivity index (χ2v) is 5.28. The minimum absolute atomic E-state index is 0.0291. The van der Waals surface area contributed by atoms with Crippen LogP contribution >= 0.6 is 0 Å². The summed E-state index contributed by atoms with van der Waals surface area (Å²) in [6, 6.07) is 0. The lowest BCUT2D eigenvalue weighted by Gasteiger charge is -2.31. The number of hydrogen-bond acceptors (Lipinski definition) is 4. The molecule has 1 heterocycles. The Morgan fingerprint density at radius 3 is 3.00 bits per heavy atom. The van der Waals surface area contributed by atoms with Crippen molar-refractivity contribution < 1.29 is 19.1 Å². The van der Waals surface area contributed by atoms with Gasteiger partial charge < -0.3 is 9.47 Å². The van der Waals surface area contributed by atoms with Crippen LogP contribution in [0, 0.1) is 11.8 Å². The van der Waals surface area contributed by atoms with Gasteiger partial charge in [-0.3, -0.25) is 0 Å². The maximum atomic E-state index is 11.9. The summed E-state index contributed by atoms with van der Waals surface area (Å²) in [5.74, 6) is -0.426. The molecule has 2 bridgehead atoms. The molecule has 1 saturated heterocycles. The van der Waals surface area contributed by atoms with Crippen molar-refractivity contribution in [3.8, 4) is 0 Å². The van der Waals surface area contributed by atoms with E-state index in [0.29, 0.717) is 12.3 Å². The molecule has 0 spiro atoms. The zero-order valence-electron chi connectivity index (χ0n) is 9.19. The zero-order chi connectivity index (χ0) is 11.6. The monoisotopic (exact) mass is 222 g/mol. The summed E-state index contributed by atoms with van der Waals surface area (Å²) in [6.45, 7) is 5.30. The summed E-state index contributed by atoms with van der Waals surface area (Å²) in [4.78, 5) is 23.3. The van der Waals surface area contributed by atoms with E-state index in [-0.39, 0.29) is 11.9 Å². The molecule has 3 rings (SSSR count). The van der Waals surface area contributed by atoms with E-state index >= 15 is 0 Å². The first-order valence-corrected chi connectivity index (χ1v) is 5.59. The number of hydrogen-bond donors (Lipinski definition) is 0. The molecule has 4 unspecified atom stereocenters. The number of esters is 2. The predicted molar refractivity (Wildman–Crippen MR) is 54.3 cm³/mol. The van der Waals surface area contributed by atoms with Crippen molar-refractivity contribution in [2.24, 2.45) is 11.8 Å². The Kier molecular flexibility index (Phi) is 1.65. The molecule has 86 valence electrons. The summed E-state index contributed by atoms with van der Waals surface area (Å²) < 4.78 is 10.7. The fourth-order valence-corrected chi connectivity index (χ4v) is 3.80. The molecule has 0 aromatic carbocycles. The summed E-state index contributed by atoms with van der Waals surface area (Å²) in [6.07, 6.45) is 3.54. The number of carbonyl (C=O) groups excluding carboxylic acids is 2. The van der Waals surface area contributed by atoms with Gasteiger partial charge in [-0.1, -0.05) is 6.58 Å². The fraction of sp³-hybridized carbons (Fsp3) is 0.667. The lowest BCUT2D eigenvalue weighted by atomic mass is 9.78. The molecular weight excluding hydrogens is 208 g/mol. The van der Waals surface area contributed by atoms with Gasteiger partial charge in [0.1, 0.15) is 5.60 Å². The highest BCUT2D eigenvalue weighted by Gasteiger charge is 2.74. The molecule has 1 aliphatic heterocycles. The largest absolute Gasteiger partial charge is 0.456 e. The van der Waals surface area contributed by atoms with Crippen LogP contribution in [0.2, 0.25) is 0 Å². The van der Waals surface area contributed by atoms with Crippen molar-refractivity contribution in [1.29, 1.82) is 0 Å². The molecule has 0 amide bonds. The number of fused-ring (bicyclic) bond motifs is 1. The van der Waals surface area contributed by atoms with E-state index in [0.717, 1.165) is 18.9 Å². The van der Waals surface area contributed by atoms with E-state index in [1.165, 1.54) is 0 Å². The average Bonchev–Trinajstić information content (AvgIpc) is 2.73. The van der Waals surface area contributed by atoms with E-state index in [9.17, 15) is 9.59 Å². The van der Waals surface area contributed by atoms with Gasteiger partial charge in [0.15, 0.2) is 0 Å². The molecule has 16 heavy (non-hydrogen) atoms. The summed E-state index contributed by atoms with van der Waals surface area (Å²) in [5.41, 5.74) is -1.43. The molecule has 2 aliphatic carbocycles. The maximum absolute atomic E-state index is 11.9. The van der Waals surface area contributed by atoms with E-state index in [4.69, 9.17) is 9.47 Å². The number of carbonyl (C=O) groups is 2. The molecule has 4 atom stereocenters. The second kappa shape index (κ2) is 2.67. The molecule has 0 aromatic heterocycles. The van der Waals surface area contributed by atoms with Crippen molar-refractivity contribution in [3.05, 3.63) is 12.7 Å². The molecule has 4 nitrogen and oxygen atoms in total. The van der Waals surface area contributed by atoms with E-state index < -0.39 is 17.2 Å². The summed E-state index contributed by atoms with van der Waals surface area (Å²) in [7, 11) is 0. The van der Waals surface area contributed by atoms with Crippen molar-refractivity contribution >= 4 is 11.9 Å². The third kappa shape index (κ3) is 0.950. The predicted octanol–water partition coefficient (Wildman–Crippen LogP) is 1.20. The topological polar surface area (TPSA) is 52.6 Å². The molecule has 3 fully saturated rings. The van der Waals surface area contributed by atoms with Gasteiger partial charge in [0.2, 0.25) is 5.60 Å². The highest BCUT2D eigenvalue weighted by Crippen LogP contribution is 2.63. The lowest BCUT2D eigenvalue weighted by molar-refractivity contribution is -0.170. The van der Waals surface area contributed by atoms with Crippen LogP contribution in [0.4, 0.5) is 0 Å². The van der Waals surface area contributed by atoms with Crippen LogP contribution in [0.15, 0.2) is 12.7 Å². The van der Waals surface area contributed by atoms with Crippen molar-refractivity contribution in [2.45, 2.75) is 37.4 Å². The Morgan fingerprint density at radius 1 is 1.62 bits per heavy atom. The van der Waals surface area contributed by atoms with Crippen LogP contribution in [0.25, 0.3) is 0 Å². The van der Waals surface area contributed by atoms with Gasteiger partial charge in [-0.05, 0) is 25.7 Å². The normalized spacial score (nSPS) is 47.9. The minimum Gasteiger partial charge on any atom is -0.456 e. The van der Waals surface area contributed by atoms with Gasteiger partial charge >= 0.3 is 11.9 Å². The highest BCUT2D eigenvalue weighted by molar-refractivity contribution is 5.90. The van der Waals surface area contributed by atoms with Crippen LogP contribution in [-0.2, 0) is 19.1 Å². The fourth-order valence-electron chi connectivity index (χ4n) is 3.80. The molecule has 3 aliphatic rings. The lowest BCUT2D eigenvalue weighted by Crippen LogP contribution is -2.46. The van der Waals surface area contributed by atoms with E-state index in [2.05, 4.69) is 6.58 Å².